The molecule has 0 fully saturated rings. The number of nitrogens with zero attached hydrogens (tertiary/aromatic N) is 3. The van der Waals surface area contributed by atoms with E-state index < -0.39 is 0 Å². The summed E-state index contributed by atoms with van der Waals surface area (Å²) in [4.78, 5) is 25.5. The highest BCUT2D eigenvalue weighted by Gasteiger charge is 2.05. The molecule has 6 nitrogen and oxygen atoms in total. The Morgan fingerprint density at radius 2 is 1.83 bits per heavy atom. The normalized spacial score (nSPS) is 10.8. The van der Waals surface area contributed by atoms with Crippen LogP contribution in [0.5, 0.6) is 0 Å². The predicted octanol–water partition coefficient (Wildman–Crippen LogP) is 2.00. The molecule has 0 atom stereocenters. The summed E-state index contributed by atoms with van der Waals surface area (Å²) in [5.41, 5.74) is 4.73. The van der Waals surface area contributed by atoms with Crippen LogP contribution in [0.3, 0.4) is 0 Å². The average molecular weight is 326 g/mol. The summed E-state index contributed by atoms with van der Waals surface area (Å²) in [7, 11) is 1.60. The Morgan fingerprint density at radius 3 is 2.42 bits per heavy atom. The topological polar surface area (TPSA) is 66.7 Å². The minimum absolute atomic E-state index is 0.164. The molecule has 6 heteroatoms. The Bertz CT molecular complexity index is 774. The first kappa shape index (κ1) is 17.5. The van der Waals surface area contributed by atoms with Gasteiger partial charge in [0.05, 0.1) is 11.8 Å². The molecule has 2 rings (SSSR count). The van der Waals surface area contributed by atoms with E-state index in [-0.39, 0.29) is 11.5 Å². The second-order valence-electron chi connectivity index (χ2n) is 5.33. The van der Waals surface area contributed by atoms with Gasteiger partial charge in [0.2, 0.25) is 5.56 Å². The van der Waals surface area contributed by atoms with Gasteiger partial charge in [-0.05, 0) is 37.6 Å². The highest BCUT2D eigenvalue weighted by molar-refractivity contribution is 5.94. The van der Waals surface area contributed by atoms with Gasteiger partial charge in [0.1, 0.15) is 0 Å². The van der Waals surface area contributed by atoms with Crippen molar-refractivity contribution in [3.05, 3.63) is 64.1 Å². The van der Waals surface area contributed by atoms with Gasteiger partial charge < -0.3 is 9.47 Å². The number of aryl methyl sites for hydroxylation is 1. The van der Waals surface area contributed by atoms with Gasteiger partial charge in [-0.3, -0.25) is 9.59 Å². The molecule has 0 unspecified atom stereocenters. The Balaban J connectivity index is 1.99. The molecular weight excluding hydrogens is 304 g/mol. The number of carbonyl (C=O) groups is 1. The van der Waals surface area contributed by atoms with Crippen LogP contribution in [-0.4, -0.2) is 29.8 Å². The fraction of sp³-hybridized carbons (Fsp3) is 0.278. The number of anilines is 1. The van der Waals surface area contributed by atoms with Gasteiger partial charge in [-0.1, -0.05) is 12.1 Å². The van der Waals surface area contributed by atoms with Crippen molar-refractivity contribution in [2.75, 3.05) is 18.0 Å². The van der Waals surface area contributed by atoms with Gasteiger partial charge >= 0.3 is 0 Å². The molecule has 0 aliphatic heterocycles. The third-order valence-corrected chi connectivity index (χ3v) is 3.75. The van der Waals surface area contributed by atoms with Crippen LogP contribution in [0.2, 0.25) is 0 Å². The molecule has 0 bridgehead atoms. The molecule has 24 heavy (non-hydrogen) atoms. The fourth-order valence-electron chi connectivity index (χ4n) is 2.32. The second-order valence-corrected chi connectivity index (χ2v) is 5.33. The summed E-state index contributed by atoms with van der Waals surface area (Å²) in [6.07, 6.45) is 3.07. The summed E-state index contributed by atoms with van der Waals surface area (Å²) >= 11 is 0. The van der Waals surface area contributed by atoms with Crippen molar-refractivity contribution in [2.24, 2.45) is 12.1 Å². The zero-order chi connectivity index (χ0) is 17.5. The van der Waals surface area contributed by atoms with Gasteiger partial charge in [0, 0.05) is 38.1 Å². The molecule has 1 heterocycles. The first-order chi connectivity index (χ1) is 11.5. The zero-order valence-electron chi connectivity index (χ0n) is 14.2. The smallest absolute Gasteiger partial charge is 0.272 e. The summed E-state index contributed by atoms with van der Waals surface area (Å²) in [5, 5.41) is 3.96. The van der Waals surface area contributed by atoms with Gasteiger partial charge in [0.15, 0.2) is 0 Å². The molecule has 0 spiro atoms. The van der Waals surface area contributed by atoms with Crippen molar-refractivity contribution in [3.63, 3.8) is 0 Å². The average Bonchev–Trinajstić information content (AvgIpc) is 2.59. The van der Waals surface area contributed by atoms with Gasteiger partial charge in [0.25, 0.3) is 5.91 Å². The van der Waals surface area contributed by atoms with E-state index in [1.165, 1.54) is 22.9 Å². The Labute approximate surface area is 141 Å². The molecule has 1 N–H and O–H groups in total. The van der Waals surface area contributed by atoms with E-state index in [4.69, 9.17) is 0 Å². The lowest BCUT2D eigenvalue weighted by Gasteiger charge is -2.20. The van der Waals surface area contributed by atoms with Crippen molar-refractivity contribution in [2.45, 2.75) is 13.8 Å². The number of hydrogen-bond donors (Lipinski definition) is 1. The van der Waals surface area contributed by atoms with Crippen LogP contribution < -0.4 is 15.9 Å². The number of carbonyl (C=O) groups excluding carboxylic acids is 1. The van der Waals surface area contributed by atoms with Gasteiger partial charge in [-0.15, -0.1) is 0 Å². The van der Waals surface area contributed by atoms with E-state index in [9.17, 15) is 9.59 Å². The van der Waals surface area contributed by atoms with Crippen LogP contribution in [0.1, 0.15) is 29.8 Å². The van der Waals surface area contributed by atoms with Crippen LogP contribution >= 0.6 is 0 Å². The largest absolute Gasteiger partial charge is 0.372 e. The van der Waals surface area contributed by atoms with Crippen LogP contribution in [0.25, 0.3) is 0 Å². The van der Waals surface area contributed by atoms with E-state index in [1.54, 1.807) is 13.3 Å². The first-order valence-electron chi connectivity index (χ1n) is 7.90. The second kappa shape index (κ2) is 8.10. The Kier molecular flexibility index (Phi) is 5.89. The molecule has 1 aromatic heterocycles. The lowest BCUT2D eigenvalue weighted by atomic mass is 10.2. The molecule has 0 radical (unpaired) electrons. The summed E-state index contributed by atoms with van der Waals surface area (Å²) in [5.74, 6) is -0.360. The standard InChI is InChI=1S/C18H22N4O2/c1-4-22(5-2)16-9-6-14(7-10-16)12-19-20-18(24)15-8-11-17(23)21(3)13-15/h6-13H,4-5H2,1-3H3,(H,20,24). The summed E-state index contributed by atoms with van der Waals surface area (Å²) in [6.45, 7) is 6.15. The highest BCUT2D eigenvalue weighted by Crippen LogP contribution is 2.13. The monoisotopic (exact) mass is 326 g/mol. The number of aromatic nitrogens is 1. The summed E-state index contributed by atoms with van der Waals surface area (Å²) < 4.78 is 1.35. The maximum atomic E-state index is 12.0. The van der Waals surface area contributed by atoms with Crippen molar-refractivity contribution in [1.29, 1.82) is 0 Å². The predicted molar refractivity (Wildman–Crippen MR) is 96.7 cm³/mol. The number of hydrazone groups is 1. The molecule has 0 aliphatic carbocycles. The van der Waals surface area contributed by atoms with Crippen LogP contribution in [0.15, 0.2) is 52.5 Å². The number of nitrogens with one attached hydrogen (secondary N) is 1. The van der Waals surface area contributed by atoms with E-state index in [0.29, 0.717) is 5.56 Å². The minimum atomic E-state index is -0.360. The van der Waals surface area contributed by atoms with E-state index in [1.807, 2.05) is 24.3 Å². The molecule has 126 valence electrons. The molecule has 0 saturated carbocycles. The fourth-order valence-corrected chi connectivity index (χ4v) is 2.32. The molecule has 2 aromatic rings. The molecule has 1 amide bonds. The van der Waals surface area contributed by atoms with Crippen LogP contribution in [-0.2, 0) is 7.05 Å². The lowest BCUT2D eigenvalue weighted by molar-refractivity contribution is 0.0954. The maximum absolute atomic E-state index is 12.0. The molecule has 0 saturated heterocycles. The Morgan fingerprint density at radius 1 is 1.17 bits per heavy atom. The van der Waals surface area contributed by atoms with E-state index >= 15 is 0 Å². The van der Waals surface area contributed by atoms with Gasteiger partial charge in [-0.2, -0.15) is 5.10 Å². The maximum Gasteiger partial charge on any atom is 0.272 e. The first-order valence-corrected chi connectivity index (χ1v) is 7.90. The number of pyridine rings is 1. The molecular formula is C18H22N4O2. The third-order valence-electron chi connectivity index (χ3n) is 3.75. The lowest BCUT2D eigenvalue weighted by Crippen LogP contribution is -2.22. The third kappa shape index (κ3) is 4.32. The Hall–Kier alpha value is -2.89. The number of amides is 1. The van der Waals surface area contributed by atoms with Crippen molar-refractivity contribution in [1.82, 2.24) is 9.99 Å². The SMILES string of the molecule is CCN(CC)c1ccc(C=NNC(=O)c2ccc(=O)n(C)c2)cc1. The van der Waals surface area contributed by atoms with Crippen molar-refractivity contribution in [3.8, 4) is 0 Å². The highest BCUT2D eigenvalue weighted by atomic mass is 16.2. The number of hydrogen-bond acceptors (Lipinski definition) is 4. The van der Waals surface area contributed by atoms with E-state index in [2.05, 4.69) is 29.3 Å². The van der Waals surface area contributed by atoms with Gasteiger partial charge in [-0.25, -0.2) is 5.43 Å². The number of benzene rings is 1. The minimum Gasteiger partial charge on any atom is -0.372 e. The molecule has 0 aliphatic rings. The quantitative estimate of drug-likeness (QED) is 0.652. The van der Waals surface area contributed by atoms with Crippen LogP contribution in [0.4, 0.5) is 5.69 Å². The summed E-state index contributed by atoms with van der Waals surface area (Å²) in [6, 6.07) is 10.8. The van der Waals surface area contributed by atoms with E-state index in [0.717, 1.165) is 24.3 Å². The zero-order valence-corrected chi connectivity index (χ0v) is 14.2. The van der Waals surface area contributed by atoms with Crippen molar-refractivity contribution >= 4 is 17.8 Å². The molecule has 1 aromatic carbocycles. The number of rotatable bonds is 6. The van der Waals surface area contributed by atoms with Crippen LogP contribution in [0, 0.1) is 0 Å². The van der Waals surface area contributed by atoms with Crippen molar-refractivity contribution < 1.29 is 4.79 Å².